The molecule has 1 aromatic carbocycles. The molecule has 5 heteroatoms. The Hall–Kier alpha value is -0.850. The number of piperidine rings is 1. The number of halogens is 2. The zero-order chi connectivity index (χ0) is 13.7. The second-order valence-electron chi connectivity index (χ2n) is 5.19. The van der Waals surface area contributed by atoms with E-state index >= 15 is 0 Å². The van der Waals surface area contributed by atoms with Crippen LogP contribution >= 0.6 is 24.0 Å². The molecule has 112 valence electrons. The summed E-state index contributed by atoms with van der Waals surface area (Å²) in [6.45, 7) is 4.79. The molecule has 1 heterocycles. The number of nitrogens with one attached hydrogen (secondary N) is 1. The Bertz CT molecular complexity index is 450. The van der Waals surface area contributed by atoms with Crippen LogP contribution < -0.4 is 5.32 Å². The number of benzene rings is 1. The van der Waals surface area contributed by atoms with Gasteiger partial charge in [0.05, 0.1) is 0 Å². The van der Waals surface area contributed by atoms with Gasteiger partial charge in [0.1, 0.15) is 5.82 Å². The third-order valence-corrected chi connectivity index (χ3v) is 3.56. The highest BCUT2D eigenvalue weighted by Crippen LogP contribution is 2.15. The second kappa shape index (κ2) is 8.44. The molecule has 1 aliphatic heterocycles. The molecule has 0 amide bonds. The van der Waals surface area contributed by atoms with Crippen LogP contribution in [0.3, 0.4) is 0 Å². The molecule has 1 fully saturated rings. The Labute approximate surface area is 137 Å². The topological polar surface area (TPSA) is 27.6 Å². The van der Waals surface area contributed by atoms with Crippen molar-refractivity contribution in [2.75, 3.05) is 20.1 Å². The fraction of sp³-hybridized carbons (Fsp3) is 0.533. The predicted molar refractivity (Wildman–Crippen MR) is 92.0 cm³/mol. The average molecular weight is 391 g/mol. The molecule has 1 atom stereocenters. The summed E-state index contributed by atoms with van der Waals surface area (Å²) in [6, 6.07) is 6.85. The van der Waals surface area contributed by atoms with Gasteiger partial charge in [-0.1, -0.05) is 25.1 Å². The lowest BCUT2D eigenvalue weighted by molar-refractivity contribution is 0.266. The van der Waals surface area contributed by atoms with E-state index in [1.54, 1.807) is 19.2 Å². The van der Waals surface area contributed by atoms with Crippen LogP contribution in [0.4, 0.5) is 4.39 Å². The highest BCUT2D eigenvalue weighted by Gasteiger charge is 2.19. The van der Waals surface area contributed by atoms with Gasteiger partial charge in [-0.05, 0) is 24.8 Å². The first-order valence-electron chi connectivity index (χ1n) is 6.89. The molecule has 20 heavy (non-hydrogen) atoms. The third kappa shape index (κ3) is 4.61. The molecule has 0 aliphatic carbocycles. The summed E-state index contributed by atoms with van der Waals surface area (Å²) in [4.78, 5) is 6.56. The Balaban J connectivity index is 0.00000200. The van der Waals surface area contributed by atoms with Crippen molar-refractivity contribution in [1.29, 1.82) is 0 Å². The van der Waals surface area contributed by atoms with Gasteiger partial charge < -0.3 is 10.2 Å². The fourth-order valence-electron chi connectivity index (χ4n) is 2.53. The quantitative estimate of drug-likeness (QED) is 0.476. The van der Waals surface area contributed by atoms with E-state index in [1.807, 2.05) is 6.07 Å². The first-order valence-corrected chi connectivity index (χ1v) is 6.89. The van der Waals surface area contributed by atoms with Crippen LogP contribution in [0.2, 0.25) is 0 Å². The van der Waals surface area contributed by atoms with E-state index in [2.05, 4.69) is 22.1 Å². The van der Waals surface area contributed by atoms with Crippen molar-refractivity contribution in [1.82, 2.24) is 10.2 Å². The van der Waals surface area contributed by atoms with Crippen molar-refractivity contribution in [3.8, 4) is 0 Å². The summed E-state index contributed by atoms with van der Waals surface area (Å²) < 4.78 is 13.6. The summed E-state index contributed by atoms with van der Waals surface area (Å²) in [5.74, 6) is 1.40. The SMILES string of the molecule is CN=C(NCc1ccccc1F)N1CCCC(C)C1.I. The Morgan fingerprint density at radius 2 is 2.20 bits per heavy atom. The van der Waals surface area contributed by atoms with Crippen LogP contribution in [0.5, 0.6) is 0 Å². The molecule has 1 aromatic rings. The van der Waals surface area contributed by atoms with Gasteiger partial charge in [0.15, 0.2) is 5.96 Å². The Morgan fingerprint density at radius 3 is 2.85 bits per heavy atom. The zero-order valence-corrected chi connectivity index (χ0v) is 14.4. The molecule has 0 spiro atoms. The van der Waals surface area contributed by atoms with E-state index < -0.39 is 0 Å². The number of hydrogen-bond donors (Lipinski definition) is 1. The summed E-state index contributed by atoms with van der Waals surface area (Å²) in [5, 5.41) is 3.25. The largest absolute Gasteiger partial charge is 0.352 e. The van der Waals surface area contributed by atoms with Crippen LogP contribution in [0.25, 0.3) is 0 Å². The molecule has 1 aliphatic rings. The molecular weight excluding hydrogens is 368 g/mol. The number of nitrogens with zero attached hydrogens (tertiary/aromatic N) is 2. The highest BCUT2D eigenvalue weighted by atomic mass is 127. The molecule has 0 radical (unpaired) electrons. The summed E-state index contributed by atoms with van der Waals surface area (Å²) >= 11 is 0. The van der Waals surface area contributed by atoms with Gasteiger partial charge in [-0.25, -0.2) is 4.39 Å². The molecule has 0 bridgehead atoms. The number of rotatable bonds is 2. The normalized spacial score (nSPS) is 19.4. The number of guanidine groups is 1. The number of aliphatic imine (C=N–C) groups is 1. The van der Waals surface area contributed by atoms with E-state index in [0.29, 0.717) is 18.0 Å². The third-order valence-electron chi connectivity index (χ3n) is 3.56. The van der Waals surface area contributed by atoms with Gasteiger partial charge in [-0.15, -0.1) is 24.0 Å². The number of likely N-dealkylation sites (tertiary alicyclic amines) is 1. The van der Waals surface area contributed by atoms with Gasteiger partial charge in [-0.3, -0.25) is 4.99 Å². The minimum absolute atomic E-state index is 0. The average Bonchev–Trinajstić information content (AvgIpc) is 2.41. The van der Waals surface area contributed by atoms with E-state index in [1.165, 1.54) is 18.9 Å². The lowest BCUT2D eigenvalue weighted by Crippen LogP contribution is -2.45. The predicted octanol–water partition coefficient (Wildman–Crippen LogP) is 3.25. The lowest BCUT2D eigenvalue weighted by atomic mass is 10.0. The van der Waals surface area contributed by atoms with Crippen LogP contribution in [-0.2, 0) is 6.54 Å². The van der Waals surface area contributed by atoms with Crippen molar-refractivity contribution in [3.05, 3.63) is 35.6 Å². The second-order valence-corrected chi connectivity index (χ2v) is 5.19. The highest BCUT2D eigenvalue weighted by molar-refractivity contribution is 14.0. The van der Waals surface area contributed by atoms with Crippen LogP contribution in [0, 0.1) is 11.7 Å². The smallest absolute Gasteiger partial charge is 0.193 e. The first-order chi connectivity index (χ1) is 9.20. The van der Waals surface area contributed by atoms with Crippen molar-refractivity contribution in [3.63, 3.8) is 0 Å². The van der Waals surface area contributed by atoms with Crippen molar-refractivity contribution in [2.24, 2.45) is 10.9 Å². The van der Waals surface area contributed by atoms with Crippen molar-refractivity contribution >= 4 is 29.9 Å². The molecule has 3 nitrogen and oxygen atoms in total. The molecule has 0 saturated carbocycles. The first kappa shape index (κ1) is 17.2. The summed E-state index contributed by atoms with van der Waals surface area (Å²) in [5.41, 5.74) is 0.675. The van der Waals surface area contributed by atoms with E-state index in [4.69, 9.17) is 0 Å². The Morgan fingerprint density at radius 1 is 1.45 bits per heavy atom. The Kier molecular flexibility index (Phi) is 7.26. The van der Waals surface area contributed by atoms with E-state index in [0.717, 1.165) is 19.0 Å². The minimum atomic E-state index is -0.169. The minimum Gasteiger partial charge on any atom is -0.352 e. The maximum atomic E-state index is 13.6. The van der Waals surface area contributed by atoms with Gasteiger partial charge in [0.25, 0.3) is 0 Å². The zero-order valence-electron chi connectivity index (χ0n) is 12.1. The molecule has 2 rings (SSSR count). The standard InChI is InChI=1S/C15H22FN3.HI/c1-12-6-5-9-19(11-12)15(17-2)18-10-13-7-3-4-8-14(13)16;/h3-4,7-8,12H,5-6,9-11H2,1-2H3,(H,17,18);1H. The molecule has 1 unspecified atom stereocenters. The van der Waals surface area contributed by atoms with Crippen LogP contribution in [0.1, 0.15) is 25.3 Å². The molecule has 1 saturated heterocycles. The maximum Gasteiger partial charge on any atom is 0.193 e. The molecule has 0 aromatic heterocycles. The van der Waals surface area contributed by atoms with Crippen LogP contribution in [0.15, 0.2) is 29.3 Å². The van der Waals surface area contributed by atoms with Gasteiger partial charge in [0, 0.05) is 32.2 Å². The molecule has 1 N–H and O–H groups in total. The van der Waals surface area contributed by atoms with Crippen molar-refractivity contribution < 1.29 is 4.39 Å². The van der Waals surface area contributed by atoms with Gasteiger partial charge in [0.2, 0.25) is 0 Å². The summed E-state index contributed by atoms with van der Waals surface area (Å²) in [7, 11) is 1.78. The number of hydrogen-bond acceptors (Lipinski definition) is 1. The monoisotopic (exact) mass is 391 g/mol. The molecular formula is C15H23FIN3. The fourth-order valence-corrected chi connectivity index (χ4v) is 2.53. The summed E-state index contributed by atoms with van der Waals surface area (Å²) in [6.07, 6.45) is 2.47. The van der Waals surface area contributed by atoms with E-state index in [-0.39, 0.29) is 29.8 Å². The van der Waals surface area contributed by atoms with Gasteiger partial charge >= 0.3 is 0 Å². The maximum absolute atomic E-state index is 13.6. The van der Waals surface area contributed by atoms with Gasteiger partial charge in [-0.2, -0.15) is 0 Å². The van der Waals surface area contributed by atoms with E-state index in [9.17, 15) is 4.39 Å². The van der Waals surface area contributed by atoms with Crippen molar-refractivity contribution in [2.45, 2.75) is 26.3 Å². The van der Waals surface area contributed by atoms with Crippen LogP contribution in [-0.4, -0.2) is 31.0 Å². The lowest BCUT2D eigenvalue weighted by Gasteiger charge is -2.33.